The topological polar surface area (TPSA) is 48.1 Å². The first-order valence-electron chi connectivity index (χ1n) is 7.61. The standard InChI is InChI=1S/C17H28N2O/c1-11-10-19-15(12(2)16(11)20-5)9-14(18)13-7-6-8-17(13,3)4/h10,13-14H,6-9,18H2,1-5H3. The zero-order chi connectivity index (χ0) is 14.9. The number of nitrogens with two attached hydrogens (primary N) is 1. The quantitative estimate of drug-likeness (QED) is 0.917. The van der Waals surface area contributed by atoms with Gasteiger partial charge >= 0.3 is 0 Å². The molecule has 1 saturated carbocycles. The van der Waals surface area contributed by atoms with E-state index in [2.05, 4.69) is 25.8 Å². The summed E-state index contributed by atoms with van der Waals surface area (Å²) in [5, 5.41) is 0. The van der Waals surface area contributed by atoms with Crippen molar-refractivity contribution in [1.82, 2.24) is 4.98 Å². The van der Waals surface area contributed by atoms with Gasteiger partial charge in [-0.15, -0.1) is 0 Å². The fourth-order valence-electron chi connectivity index (χ4n) is 3.79. The Bertz CT molecular complexity index is 482. The minimum Gasteiger partial charge on any atom is -0.496 e. The van der Waals surface area contributed by atoms with E-state index in [0.29, 0.717) is 11.3 Å². The van der Waals surface area contributed by atoms with E-state index in [9.17, 15) is 0 Å². The van der Waals surface area contributed by atoms with Gasteiger partial charge in [0.2, 0.25) is 0 Å². The summed E-state index contributed by atoms with van der Waals surface area (Å²) in [5.41, 5.74) is 10.2. The van der Waals surface area contributed by atoms with E-state index < -0.39 is 0 Å². The molecule has 3 nitrogen and oxygen atoms in total. The van der Waals surface area contributed by atoms with Crippen molar-refractivity contribution in [2.45, 2.75) is 59.4 Å². The normalized spacial score (nSPS) is 22.8. The van der Waals surface area contributed by atoms with Crippen LogP contribution in [0.15, 0.2) is 6.20 Å². The fourth-order valence-corrected chi connectivity index (χ4v) is 3.79. The number of ether oxygens (including phenoxy) is 1. The van der Waals surface area contributed by atoms with Crippen molar-refractivity contribution in [2.75, 3.05) is 7.11 Å². The molecule has 0 spiro atoms. The molecule has 0 aliphatic heterocycles. The molecule has 0 bridgehead atoms. The van der Waals surface area contributed by atoms with E-state index >= 15 is 0 Å². The molecule has 1 aliphatic carbocycles. The van der Waals surface area contributed by atoms with Gasteiger partial charge in [0.25, 0.3) is 0 Å². The Hall–Kier alpha value is -1.09. The molecule has 1 fully saturated rings. The second-order valence-corrected chi connectivity index (χ2v) is 6.90. The molecule has 1 heterocycles. The van der Waals surface area contributed by atoms with Gasteiger partial charge in [-0.1, -0.05) is 20.3 Å². The summed E-state index contributed by atoms with van der Waals surface area (Å²) in [4.78, 5) is 4.59. The molecule has 1 aromatic rings. The maximum atomic E-state index is 6.50. The zero-order valence-corrected chi connectivity index (χ0v) is 13.5. The summed E-state index contributed by atoms with van der Waals surface area (Å²) in [7, 11) is 1.72. The summed E-state index contributed by atoms with van der Waals surface area (Å²) in [5.74, 6) is 1.55. The van der Waals surface area contributed by atoms with Crippen LogP contribution in [0, 0.1) is 25.2 Å². The van der Waals surface area contributed by atoms with Crippen LogP contribution >= 0.6 is 0 Å². The lowest BCUT2D eigenvalue weighted by molar-refractivity contribution is 0.219. The molecule has 0 aromatic carbocycles. The molecule has 2 atom stereocenters. The molecular weight excluding hydrogens is 248 g/mol. The average molecular weight is 276 g/mol. The molecule has 2 unspecified atom stereocenters. The first-order valence-corrected chi connectivity index (χ1v) is 7.61. The Morgan fingerprint density at radius 1 is 1.45 bits per heavy atom. The first-order chi connectivity index (χ1) is 9.36. The highest BCUT2D eigenvalue weighted by Gasteiger charge is 2.38. The van der Waals surface area contributed by atoms with E-state index in [0.717, 1.165) is 29.0 Å². The summed E-state index contributed by atoms with van der Waals surface area (Å²) in [6.07, 6.45) is 6.57. The molecule has 2 rings (SSSR count). The highest BCUT2D eigenvalue weighted by atomic mass is 16.5. The Kier molecular flexibility index (Phi) is 4.38. The Balaban J connectivity index is 2.18. The van der Waals surface area contributed by atoms with Gasteiger partial charge in [0.1, 0.15) is 5.75 Å². The molecule has 1 aliphatic rings. The first kappa shape index (κ1) is 15.3. The van der Waals surface area contributed by atoms with Crippen LogP contribution in [-0.2, 0) is 6.42 Å². The van der Waals surface area contributed by atoms with E-state index in [-0.39, 0.29) is 6.04 Å². The van der Waals surface area contributed by atoms with Crippen LogP contribution in [0.4, 0.5) is 0 Å². The molecule has 112 valence electrons. The largest absolute Gasteiger partial charge is 0.496 e. The Morgan fingerprint density at radius 2 is 2.15 bits per heavy atom. The lowest BCUT2D eigenvalue weighted by Gasteiger charge is -2.32. The van der Waals surface area contributed by atoms with Gasteiger partial charge in [-0.2, -0.15) is 0 Å². The van der Waals surface area contributed by atoms with Crippen LogP contribution in [0.3, 0.4) is 0 Å². The summed E-state index contributed by atoms with van der Waals surface area (Å²) in [6.45, 7) is 8.81. The van der Waals surface area contributed by atoms with Crippen molar-refractivity contribution in [1.29, 1.82) is 0 Å². The predicted molar refractivity (Wildman–Crippen MR) is 83.1 cm³/mol. The van der Waals surface area contributed by atoms with Crippen molar-refractivity contribution in [2.24, 2.45) is 17.1 Å². The third-order valence-electron chi connectivity index (χ3n) is 5.04. The maximum absolute atomic E-state index is 6.50. The molecule has 2 N–H and O–H groups in total. The average Bonchev–Trinajstić information content (AvgIpc) is 2.73. The predicted octanol–water partition coefficient (Wildman–Crippen LogP) is 3.40. The zero-order valence-electron chi connectivity index (χ0n) is 13.5. The Labute approximate surface area is 122 Å². The summed E-state index contributed by atoms with van der Waals surface area (Å²) in [6, 6.07) is 0.186. The van der Waals surface area contributed by atoms with Gasteiger partial charge in [0.05, 0.1) is 7.11 Å². The van der Waals surface area contributed by atoms with Crippen molar-refractivity contribution in [3.8, 4) is 5.75 Å². The number of nitrogens with zero attached hydrogens (tertiary/aromatic N) is 1. The SMILES string of the molecule is COc1c(C)cnc(CC(N)C2CCCC2(C)C)c1C. The van der Waals surface area contributed by atoms with E-state index in [4.69, 9.17) is 10.5 Å². The summed E-state index contributed by atoms with van der Waals surface area (Å²) < 4.78 is 5.48. The number of hydrogen-bond acceptors (Lipinski definition) is 3. The van der Waals surface area contributed by atoms with Crippen molar-refractivity contribution < 1.29 is 4.74 Å². The van der Waals surface area contributed by atoms with Gasteiger partial charge in [-0.25, -0.2) is 0 Å². The Morgan fingerprint density at radius 3 is 2.70 bits per heavy atom. The number of aryl methyl sites for hydroxylation is 1. The smallest absolute Gasteiger partial charge is 0.128 e. The lowest BCUT2D eigenvalue weighted by Crippen LogP contribution is -2.38. The molecule has 0 radical (unpaired) electrons. The summed E-state index contributed by atoms with van der Waals surface area (Å²) >= 11 is 0. The maximum Gasteiger partial charge on any atom is 0.128 e. The van der Waals surface area contributed by atoms with Crippen molar-refractivity contribution >= 4 is 0 Å². The molecule has 20 heavy (non-hydrogen) atoms. The van der Waals surface area contributed by atoms with Gasteiger partial charge in [0, 0.05) is 35.5 Å². The van der Waals surface area contributed by atoms with E-state index in [1.54, 1.807) is 7.11 Å². The molecular formula is C17H28N2O. The third-order valence-corrected chi connectivity index (χ3v) is 5.04. The van der Waals surface area contributed by atoms with Crippen LogP contribution in [-0.4, -0.2) is 18.1 Å². The number of aromatic nitrogens is 1. The highest BCUT2D eigenvalue weighted by Crippen LogP contribution is 2.44. The molecule has 3 heteroatoms. The van der Waals surface area contributed by atoms with Crippen LogP contribution in [0.5, 0.6) is 5.75 Å². The van der Waals surface area contributed by atoms with Gasteiger partial charge in [-0.05, 0) is 38.0 Å². The van der Waals surface area contributed by atoms with Crippen LogP contribution in [0.2, 0.25) is 0 Å². The molecule has 1 aromatic heterocycles. The van der Waals surface area contributed by atoms with Gasteiger partial charge in [-0.3, -0.25) is 4.98 Å². The minimum absolute atomic E-state index is 0.186. The van der Waals surface area contributed by atoms with Crippen LogP contribution in [0.25, 0.3) is 0 Å². The van der Waals surface area contributed by atoms with E-state index in [1.807, 2.05) is 13.1 Å². The molecule has 0 saturated heterocycles. The number of hydrogen-bond donors (Lipinski definition) is 1. The van der Waals surface area contributed by atoms with Gasteiger partial charge in [0.15, 0.2) is 0 Å². The van der Waals surface area contributed by atoms with Crippen molar-refractivity contribution in [3.63, 3.8) is 0 Å². The minimum atomic E-state index is 0.186. The van der Waals surface area contributed by atoms with Crippen LogP contribution in [0.1, 0.15) is 49.9 Å². The third kappa shape index (κ3) is 2.83. The lowest BCUT2D eigenvalue weighted by atomic mass is 9.76. The number of rotatable bonds is 4. The van der Waals surface area contributed by atoms with Gasteiger partial charge < -0.3 is 10.5 Å². The highest BCUT2D eigenvalue weighted by molar-refractivity contribution is 5.41. The monoisotopic (exact) mass is 276 g/mol. The second kappa shape index (κ2) is 5.72. The van der Waals surface area contributed by atoms with Crippen molar-refractivity contribution in [3.05, 3.63) is 23.0 Å². The fraction of sp³-hybridized carbons (Fsp3) is 0.706. The number of pyridine rings is 1. The number of methoxy groups -OCH3 is 1. The molecule has 0 amide bonds. The second-order valence-electron chi connectivity index (χ2n) is 6.90. The van der Waals surface area contributed by atoms with Crippen LogP contribution < -0.4 is 10.5 Å². The van der Waals surface area contributed by atoms with E-state index in [1.165, 1.54) is 19.3 Å².